The van der Waals surface area contributed by atoms with Gasteiger partial charge in [-0.2, -0.15) is 9.97 Å². The van der Waals surface area contributed by atoms with Gasteiger partial charge in [0.1, 0.15) is 41.0 Å². The zero-order chi connectivity index (χ0) is 31.2. The minimum absolute atomic E-state index is 0.00605. The first kappa shape index (κ1) is 28.3. The van der Waals surface area contributed by atoms with E-state index >= 15 is 4.39 Å². The second-order valence-electron chi connectivity index (χ2n) is 13.5. The Morgan fingerprint density at radius 1 is 1.09 bits per heavy atom. The molecule has 0 unspecified atom stereocenters. The van der Waals surface area contributed by atoms with Gasteiger partial charge in [-0.15, -0.1) is 0 Å². The summed E-state index contributed by atoms with van der Waals surface area (Å²) in [7, 11) is 0. The predicted octanol–water partition coefficient (Wildman–Crippen LogP) is 5.81. The Kier molecular flexibility index (Phi) is 6.47. The van der Waals surface area contributed by atoms with Gasteiger partial charge < -0.3 is 19.7 Å². The molecule has 5 atom stereocenters. The third kappa shape index (κ3) is 4.24. The second kappa shape index (κ2) is 10.5. The number of nitrogens with one attached hydrogen (secondary N) is 1. The van der Waals surface area contributed by atoms with Gasteiger partial charge >= 0.3 is 6.01 Å². The van der Waals surface area contributed by atoms with Gasteiger partial charge in [0.2, 0.25) is 5.88 Å². The Morgan fingerprint density at radius 3 is 2.89 bits per heavy atom. The molecule has 8 nitrogen and oxygen atoms in total. The standard InChI is InChI=1S/C35H35F3N6O2/c1-2-22-24(37)9-7-19-5-3-6-23(27(19)22)30-29(38)31-28-32(42-34(41-31)46-18-35-12-4-13-43(35)16-20(36)15-35)44-17-21-8-10-25(39-21)26(44)11-14-45-33(28)40-30/h2-3,5-7,9,20-21,25-26,39H,1,4,8,10-18H2/t20-,21-,25+,26-,35+/m1/s1. The molecule has 5 aliphatic heterocycles. The quantitative estimate of drug-likeness (QED) is 0.297. The van der Waals surface area contributed by atoms with Crippen LogP contribution in [0.2, 0.25) is 0 Å². The number of hydrogen-bond acceptors (Lipinski definition) is 8. The van der Waals surface area contributed by atoms with Crippen molar-refractivity contribution >= 4 is 33.6 Å². The molecular formula is C35H35F3N6O2. The molecule has 9 rings (SSSR count). The van der Waals surface area contributed by atoms with Gasteiger partial charge in [0.15, 0.2) is 5.82 Å². The van der Waals surface area contributed by atoms with Gasteiger partial charge in [0.05, 0.1) is 12.1 Å². The highest BCUT2D eigenvalue weighted by Gasteiger charge is 2.50. The van der Waals surface area contributed by atoms with Crippen molar-refractivity contribution in [2.24, 2.45) is 0 Å². The summed E-state index contributed by atoms with van der Waals surface area (Å²) in [5.74, 6) is -0.336. The number of piperazine rings is 1. The second-order valence-corrected chi connectivity index (χ2v) is 13.5. The Hall–Kier alpha value is -3.96. The van der Waals surface area contributed by atoms with E-state index in [9.17, 15) is 8.78 Å². The van der Waals surface area contributed by atoms with Crippen molar-refractivity contribution in [2.45, 2.75) is 68.4 Å². The zero-order valence-corrected chi connectivity index (χ0v) is 25.4. The van der Waals surface area contributed by atoms with Crippen molar-refractivity contribution in [2.75, 3.05) is 37.7 Å². The largest absolute Gasteiger partial charge is 0.477 e. The lowest BCUT2D eigenvalue weighted by Gasteiger charge is -2.43. The SMILES string of the molecule is C=Cc1c(F)ccc2cccc(-c3nc4c5c(nc(OC[C@@]67CCCN6C[C@H](F)C7)nc5c3F)N3C[C@H]5CC[C@H](N5)[C@H]3CCO4)c12. The first-order valence-corrected chi connectivity index (χ1v) is 16.3. The molecule has 46 heavy (non-hydrogen) atoms. The van der Waals surface area contributed by atoms with Crippen molar-refractivity contribution in [3.05, 3.63) is 54.1 Å². The summed E-state index contributed by atoms with van der Waals surface area (Å²) in [4.78, 5) is 18.8. The molecule has 0 spiro atoms. The maximum atomic E-state index is 17.1. The van der Waals surface area contributed by atoms with E-state index in [1.807, 2.05) is 6.07 Å². The fourth-order valence-electron chi connectivity index (χ4n) is 8.85. The number of anilines is 1. The maximum Gasteiger partial charge on any atom is 0.319 e. The summed E-state index contributed by atoms with van der Waals surface area (Å²) in [6, 6.07) is 9.14. The molecule has 0 saturated carbocycles. The van der Waals surface area contributed by atoms with Crippen LogP contribution < -0.4 is 19.7 Å². The van der Waals surface area contributed by atoms with Crippen molar-refractivity contribution in [3.8, 4) is 23.1 Å². The van der Waals surface area contributed by atoms with Crippen LogP contribution in [0.15, 0.2) is 36.9 Å². The van der Waals surface area contributed by atoms with E-state index in [4.69, 9.17) is 19.4 Å². The van der Waals surface area contributed by atoms with Crippen LogP contribution >= 0.6 is 0 Å². The highest BCUT2D eigenvalue weighted by atomic mass is 19.1. The number of halogens is 3. The first-order chi connectivity index (χ1) is 22.4. The molecular weight excluding hydrogens is 593 g/mol. The van der Waals surface area contributed by atoms with Crippen LogP contribution in [0.4, 0.5) is 19.0 Å². The lowest BCUT2D eigenvalue weighted by atomic mass is 9.95. The van der Waals surface area contributed by atoms with E-state index in [1.165, 1.54) is 12.1 Å². The number of hydrogen-bond donors (Lipinski definition) is 1. The van der Waals surface area contributed by atoms with E-state index in [-0.39, 0.29) is 47.4 Å². The van der Waals surface area contributed by atoms with Crippen LogP contribution in [0.5, 0.6) is 11.9 Å². The van der Waals surface area contributed by atoms with E-state index in [2.05, 4.69) is 26.7 Å². The van der Waals surface area contributed by atoms with Crippen LogP contribution in [0.3, 0.4) is 0 Å². The third-order valence-corrected chi connectivity index (χ3v) is 10.9. The topological polar surface area (TPSA) is 75.6 Å². The summed E-state index contributed by atoms with van der Waals surface area (Å²) in [6.07, 6.45) is 5.60. The average molecular weight is 629 g/mol. The Balaban J connectivity index is 1.24. The molecule has 4 fully saturated rings. The van der Waals surface area contributed by atoms with Crippen LogP contribution in [-0.2, 0) is 0 Å². The predicted molar refractivity (Wildman–Crippen MR) is 170 cm³/mol. The molecule has 2 bridgehead atoms. The van der Waals surface area contributed by atoms with Crippen molar-refractivity contribution < 1.29 is 22.6 Å². The lowest BCUT2D eigenvalue weighted by Crippen LogP contribution is -2.59. The Labute approximate surface area is 264 Å². The van der Waals surface area contributed by atoms with Crippen LogP contribution in [0.1, 0.15) is 44.1 Å². The maximum absolute atomic E-state index is 17.1. The fourth-order valence-corrected chi connectivity index (χ4v) is 8.85. The van der Waals surface area contributed by atoms with Gasteiger partial charge in [-0.05, 0) is 43.7 Å². The molecule has 2 aromatic carbocycles. The van der Waals surface area contributed by atoms with Crippen molar-refractivity contribution in [1.29, 1.82) is 0 Å². The average Bonchev–Trinajstić information content (AvgIpc) is 3.72. The monoisotopic (exact) mass is 628 g/mol. The van der Waals surface area contributed by atoms with Gasteiger partial charge in [-0.1, -0.05) is 36.9 Å². The van der Waals surface area contributed by atoms with E-state index in [0.717, 1.165) is 44.0 Å². The number of fused-ring (bicyclic) bond motifs is 7. The molecule has 1 N–H and O–H groups in total. The van der Waals surface area contributed by atoms with Crippen molar-refractivity contribution in [3.63, 3.8) is 0 Å². The molecule has 0 radical (unpaired) electrons. The highest BCUT2D eigenvalue weighted by molar-refractivity contribution is 6.04. The van der Waals surface area contributed by atoms with Crippen LogP contribution in [-0.4, -0.2) is 82.5 Å². The Bertz CT molecular complexity index is 1910. The lowest BCUT2D eigenvalue weighted by molar-refractivity contribution is 0.107. The number of pyridine rings is 1. The van der Waals surface area contributed by atoms with E-state index in [1.54, 1.807) is 18.2 Å². The highest BCUT2D eigenvalue weighted by Crippen LogP contribution is 2.45. The zero-order valence-electron chi connectivity index (χ0n) is 25.4. The Morgan fingerprint density at radius 2 is 2.00 bits per heavy atom. The smallest absolute Gasteiger partial charge is 0.319 e. The number of aromatic nitrogens is 3. The number of rotatable bonds is 5. The number of nitrogens with zero attached hydrogens (tertiary/aromatic N) is 5. The number of benzene rings is 2. The number of ether oxygens (including phenoxy) is 2. The normalized spacial score (nSPS) is 28.5. The molecule has 7 heterocycles. The first-order valence-electron chi connectivity index (χ1n) is 16.3. The summed E-state index contributed by atoms with van der Waals surface area (Å²) in [5, 5.41) is 5.37. The van der Waals surface area contributed by atoms with Crippen LogP contribution in [0.25, 0.3) is 39.0 Å². The summed E-state index contributed by atoms with van der Waals surface area (Å²) in [5.41, 5.74) is 0.314. The van der Waals surface area contributed by atoms with Gasteiger partial charge in [0.25, 0.3) is 0 Å². The van der Waals surface area contributed by atoms with E-state index < -0.39 is 23.3 Å². The molecule has 4 saturated heterocycles. The molecule has 5 aliphatic rings. The van der Waals surface area contributed by atoms with Gasteiger partial charge in [-0.3, -0.25) is 4.90 Å². The molecule has 4 aromatic rings. The number of alkyl halides is 1. The van der Waals surface area contributed by atoms with Gasteiger partial charge in [0, 0.05) is 60.6 Å². The molecule has 2 aromatic heterocycles. The van der Waals surface area contributed by atoms with Crippen molar-refractivity contribution in [1.82, 2.24) is 25.2 Å². The summed E-state index contributed by atoms with van der Waals surface area (Å²) in [6.45, 7) is 6.38. The summed E-state index contributed by atoms with van der Waals surface area (Å²) < 4.78 is 59.3. The van der Waals surface area contributed by atoms with Crippen LogP contribution in [0, 0.1) is 11.6 Å². The summed E-state index contributed by atoms with van der Waals surface area (Å²) >= 11 is 0. The molecule has 11 heteroatoms. The minimum Gasteiger partial charge on any atom is -0.477 e. The minimum atomic E-state index is -0.899. The molecule has 0 amide bonds. The molecule has 238 valence electrons. The third-order valence-electron chi connectivity index (χ3n) is 10.9. The van der Waals surface area contributed by atoms with E-state index in [0.29, 0.717) is 54.3 Å². The van der Waals surface area contributed by atoms with Gasteiger partial charge in [-0.25, -0.2) is 18.2 Å². The fraction of sp³-hybridized carbons (Fsp3) is 0.457. The molecule has 0 aliphatic carbocycles.